The number of phenolic OH excluding ortho intramolecular Hbond substituents is 1. The average Bonchev–Trinajstić information content (AvgIpc) is 3.39. The van der Waals surface area contributed by atoms with Gasteiger partial charge in [-0.2, -0.15) is 0 Å². The van der Waals surface area contributed by atoms with Crippen molar-refractivity contribution in [2.45, 2.75) is 70.6 Å². The molecule has 0 spiro atoms. The topological polar surface area (TPSA) is 111 Å². The Bertz CT molecular complexity index is 1650. The number of benzene rings is 3. The molecule has 8 nitrogen and oxygen atoms in total. The molecule has 0 aromatic heterocycles. The number of rotatable bonds is 14. The Morgan fingerprint density at radius 3 is 2.26 bits per heavy atom. The fourth-order valence-electron chi connectivity index (χ4n) is 8.21. The minimum Gasteiger partial charge on any atom is -0.508 e. The Hall–Kier alpha value is -4.24. The summed E-state index contributed by atoms with van der Waals surface area (Å²) in [5.41, 5.74) is 4.83. The molecule has 264 valence electrons. The fraction of sp³-hybridized carbons (Fsp3) is 0.429. The van der Waals surface area contributed by atoms with E-state index < -0.39 is 23.9 Å². The lowest BCUT2D eigenvalue weighted by molar-refractivity contribution is -0.144. The van der Waals surface area contributed by atoms with Crippen LogP contribution in [-0.2, 0) is 16.1 Å². The number of hydrogen-bond acceptors (Lipinski definition) is 7. The number of amides is 2. The minimum atomic E-state index is -0.916. The number of carbonyl (C=O) groups is 2. The molecule has 4 atom stereocenters. The van der Waals surface area contributed by atoms with E-state index in [1.54, 1.807) is 12.1 Å². The van der Waals surface area contributed by atoms with Crippen LogP contribution in [0.25, 0.3) is 6.08 Å². The van der Waals surface area contributed by atoms with Crippen LogP contribution in [-0.4, -0.2) is 75.4 Å². The van der Waals surface area contributed by atoms with Gasteiger partial charge in [0, 0.05) is 31.6 Å². The van der Waals surface area contributed by atoms with Gasteiger partial charge in [0.05, 0.1) is 24.5 Å². The number of piperidine rings is 1. The molecule has 3 aromatic carbocycles. The first-order valence-electron chi connectivity index (χ1n) is 18.2. The third-order valence-electron chi connectivity index (χ3n) is 10.7. The second kappa shape index (κ2) is 16.6. The summed E-state index contributed by atoms with van der Waals surface area (Å²) in [5, 5.41) is 32.5. The van der Waals surface area contributed by atoms with Crippen molar-refractivity contribution in [1.82, 2.24) is 9.80 Å². The van der Waals surface area contributed by atoms with Gasteiger partial charge in [-0.05, 0) is 85.1 Å². The van der Waals surface area contributed by atoms with Crippen molar-refractivity contribution in [3.8, 4) is 11.5 Å². The Morgan fingerprint density at radius 1 is 0.920 bits per heavy atom. The van der Waals surface area contributed by atoms with Crippen LogP contribution in [0.1, 0.15) is 63.0 Å². The predicted octanol–water partition coefficient (Wildman–Crippen LogP) is 6.37. The molecular weight excluding hydrogens is 628 g/mol. The molecule has 1 aliphatic carbocycles. The highest BCUT2D eigenvalue weighted by atomic mass is 16.5. The third kappa shape index (κ3) is 8.20. The molecular formula is C42H50N2O6. The Labute approximate surface area is 295 Å². The molecule has 0 radical (unpaired) electrons. The van der Waals surface area contributed by atoms with Gasteiger partial charge in [-0.3, -0.25) is 19.4 Å². The Kier molecular flexibility index (Phi) is 11.8. The lowest BCUT2D eigenvalue weighted by Gasteiger charge is -2.37. The van der Waals surface area contributed by atoms with E-state index >= 15 is 0 Å². The summed E-state index contributed by atoms with van der Waals surface area (Å²) < 4.78 is 6.19. The lowest BCUT2D eigenvalue weighted by Crippen LogP contribution is -2.47. The van der Waals surface area contributed by atoms with Crippen molar-refractivity contribution in [2.75, 3.05) is 26.3 Å². The summed E-state index contributed by atoms with van der Waals surface area (Å²) in [5.74, 6) is -1.45. The van der Waals surface area contributed by atoms with Crippen LogP contribution in [0.4, 0.5) is 0 Å². The van der Waals surface area contributed by atoms with E-state index in [1.807, 2.05) is 60.7 Å². The van der Waals surface area contributed by atoms with Crippen LogP contribution in [0.2, 0.25) is 0 Å². The maximum atomic E-state index is 14.2. The number of nitrogens with zero attached hydrogens (tertiary/aromatic N) is 2. The van der Waals surface area contributed by atoms with Gasteiger partial charge in [-0.25, -0.2) is 0 Å². The molecule has 2 aliphatic heterocycles. The highest BCUT2D eigenvalue weighted by molar-refractivity contribution is 6.06. The summed E-state index contributed by atoms with van der Waals surface area (Å²) in [7, 11) is 0. The van der Waals surface area contributed by atoms with Crippen LogP contribution in [0.5, 0.6) is 11.5 Å². The first kappa shape index (κ1) is 35.6. The summed E-state index contributed by atoms with van der Waals surface area (Å²) in [6, 6.07) is 26.7. The normalized spacial score (nSPS) is 22.6. The predicted molar refractivity (Wildman–Crippen MR) is 194 cm³/mol. The van der Waals surface area contributed by atoms with E-state index in [4.69, 9.17) is 4.74 Å². The Morgan fingerprint density at radius 2 is 1.60 bits per heavy atom. The van der Waals surface area contributed by atoms with Crippen LogP contribution < -0.4 is 4.74 Å². The van der Waals surface area contributed by atoms with Crippen molar-refractivity contribution >= 4 is 17.9 Å². The molecule has 2 amide bonds. The number of allylic oxidation sites excluding steroid dienone is 1. The van der Waals surface area contributed by atoms with Gasteiger partial charge >= 0.3 is 0 Å². The first-order valence-corrected chi connectivity index (χ1v) is 18.2. The molecule has 2 saturated heterocycles. The minimum absolute atomic E-state index is 0.159. The van der Waals surface area contributed by atoms with Crippen molar-refractivity contribution in [3.63, 3.8) is 0 Å². The number of hydrogen-bond donors (Lipinski definition) is 3. The van der Waals surface area contributed by atoms with Crippen molar-refractivity contribution in [1.29, 1.82) is 0 Å². The number of phenols is 1. The number of aromatic hydroxyl groups is 1. The van der Waals surface area contributed by atoms with Gasteiger partial charge in [0.2, 0.25) is 11.8 Å². The van der Waals surface area contributed by atoms with Crippen LogP contribution in [0.3, 0.4) is 0 Å². The summed E-state index contributed by atoms with van der Waals surface area (Å²) in [6.07, 6.45) is 5.78. The van der Waals surface area contributed by atoms with Gasteiger partial charge in [0.1, 0.15) is 18.1 Å². The molecule has 3 aromatic rings. The molecule has 2 heterocycles. The molecule has 8 heteroatoms. The van der Waals surface area contributed by atoms with E-state index in [1.165, 1.54) is 16.0 Å². The summed E-state index contributed by atoms with van der Waals surface area (Å²) >= 11 is 0. The van der Waals surface area contributed by atoms with E-state index in [0.717, 1.165) is 43.6 Å². The number of aliphatic hydroxyl groups excluding tert-OH is 2. The van der Waals surface area contributed by atoms with Crippen molar-refractivity contribution in [2.24, 2.45) is 17.8 Å². The molecule has 0 unspecified atom stereocenters. The standard InChI is InChI=1S/C42H50N2O6/c1-2-9-29(24-30-14-17-34(46)18-15-30)16-19-38(47)39-32(28-50-35-12-7-4-8-13-35)25-36-40(37(39)27-45)42(49)44(41(36)48)33-20-22-43(23-21-33)26-31-10-5-3-6-11-31/h3-8,10-15,17-18,24,33,36-38,40,45-47H,2,9,16,19-23,25-28H2,1H3/b29-24+/t36-,37+,38-,40-/m1/s1. The SMILES string of the molecule is CCC/C(=C\c1ccc(O)cc1)CC[C@@H](O)C1=C(COc2ccccc2)C[C@H]2C(=O)N(C3CCN(Cc4ccccc4)CC3)C(=O)[C@H]2[C@H]1CO. The maximum Gasteiger partial charge on any atom is 0.234 e. The summed E-state index contributed by atoms with van der Waals surface area (Å²) in [4.78, 5) is 32.3. The van der Waals surface area contributed by atoms with Gasteiger partial charge in [0.25, 0.3) is 0 Å². The van der Waals surface area contributed by atoms with Crippen LogP contribution in [0.15, 0.2) is 102 Å². The van der Waals surface area contributed by atoms with E-state index in [9.17, 15) is 24.9 Å². The van der Waals surface area contributed by atoms with Crippen molar-refractivity contribution < 1.29 is 29.6 Å². The first-order chi connectivity index (χ1) is 24.4. The molecule has 0 saturated carbocycles. The largest absolute Gasteiger partial charge is 0.508 e. The highest BCUT2D eigenvalue weighted by Crippen LogP contribution is 2.47. The van der Waals surface area contributed by atoms with Gasteiger partial charge < -0.3 is 20.1 Å². The quantitative estimate of drug-likeness (QED) is 0.134. The number of carbonyl (C=O) groups excluding carboxylic acids is 2. The van der Waals surface area contributed by atoms with Crippen LogP contribution >= 0.6 is 0 Å². The van der Waals surface area contributed by atoms with Crippen LogP contribution in [0, 0.1) is 17.8 Å². The number of imide groups is 1. The zero-order chi connectivity index (χ0) is 35.0. The Balaban J connectivity index is 1.21. The third-order valence-corrected chi connectivity index (χ3v) is 10.7. The van der Waals surface area contributed by atoms with Gasteiger partial charge in [0.15, 0.2) is 0 Å². The van der Waals surface area contributed by atoms with Gasteiger partial charge in [-0.1, -0.05) is 85.7 Å². The van der Waals surface area contributed by atoms with E-state index in [0.29, 0.717) is 43.4 Å². The summed E-state index contributed by atoms with van der Waals surface area (Å²) in [6.45, 7) is 4.38. The second-order valence-corrected chi connectivity index (χ2v) is 14.0. The molecule has 6 rings (SSSR count). The maximum absolute atomic E-state index is 14.2. The number of ether oxygens (including phenoxy) is 1. The number of para-hydroxylation sites is 1. The van der Waals surface area contributed by atoms with Crippen molar-refractivity contribution in [3.05, 3.63) is 113 Å². The smallest absolute Gasteiger partial charge is 0.234 e. The molecule has 3 aliphatic rings. The fourth-order valence-corrected chi connectivity index (χ4v) is 8.21. The average molecular weight is 679 g/mol. The van der Waals surface area contributed by atoms with Gasteiger partial charge in [-0.15, -0.1) is 0 Å². The zero-order valence-electron chi connectivity index (χ0n) is 29.0. The lowest BCUT2D eigenvalue weighted by atomic mass is 9.68. The number of aliphatic hydroxyl groups is 2. The monoisotopic (exact) mass is 678 g/mol. The van der Waals surface area contributed by atoms with E-state index in [-0.39, 0.29) is 36.8 Å². The molecule has 2 fully saturated rings. The zero-order valence-corrected chi connectivity index (χ0v) is 29.0. The second-order valence-electron chi connectivity index (χ2n) is 14.0. The molecule has 3 N–H and O–H groups in total. The molecule has 0 bridgehead atoms. The highest BCUT2D eigenvalue weighted by Gasteiger charge is 2.56. The van der Waals surface area contributed by atoms with E-state index in [2.05, 4.69) is 30.0 Å². The molecule has 50 heavy (non-hydrogen) atoms. The number of fused-ring (bicyclic) bond motifs is 1. The number of likely N-dealkylation sites (tertiary alicyclic amines) is 2.